The molecule has 0 spiro atoms. The molecule has 2 atom stereocenters. The van der Waals surface area contributed by atoms with Gasteiger partial charge in [0.25, 0.3) is 0 Å². The predicted molar refractivity (Wildman–Crippen MR) is 75.5 cm³/mol. The summed E-state index contributed by atoms with van der Waals surface area (Å²) in [5.74, 6) is -0.512. The fourth-order valence-electron chi connectivity index (χ4n) is 2.38. The van der Waals surface area contributed by atoms with E-state index in [1.165, 1.54) is 16.9 Å². The van der Waals surface area contributed by atoms with Crippen LogP contribution in [0.2, 0.25) is 0 Å². The zero-order valence-corrected chi connectivity index (χ0v) is 11.9. The first kappa shape index (κ1) is 15.1. The smallest absolute Gasteiger partial charge is 0.326 e. The molecule has 0 aromatic heterocycles. The fourth-order valence-corrected chi connectivity index (χ4v) is 2.38. The number of anilines is 1. The molecule has 1 aromatic rings. The van der Waals surface area contributed by atoms with Crippen molar-refractivity contribution < 1.29 is 24.5 Å². The first-order valence-electron chi connectivity index (χ1n) is 6.53. The number of benzene rings is 1. The van der Waals surface area contributed by atoms with Gasteiger partial charge in [0.2, 0.25) is 0 Å². The molecule has 2 N–H and O–H groups in total. The number of aliphatic hydroxyl groups is 1. The molecule has 114 valence electrons. The average molecular weight is 294 g/mol. The van der Waals surface area contributed by atoms with Gasteiger partial charge in [-0.25, -0.2) is 9.59 Å². The molecule has 7 heteroatoms. The first-order chi connectivity index (χ1) is 9.93. The summed E-state index contributed by atoms with van der Waals surface area (Å²) in [4.78, 5) is 26.1. The van der Waals surface area contributed by atoms with Gasteiger partial charge in [0.15, 0.2) is 0 Å². The van der Waals surface area contributed by atoms with Crippen molar-refractivity contribution in [3.8, 4) is 5.75 Å². The molecule has 1 aliphatic heterocycles. The van der Waals surface area contributed by atoms with Gasteiger partial charge in [-0.1, -0.05) is 6.07 Å². The Morgan fingerprint density at radius 2 is 2.14 bits per heavy atom. The standard InChI is InChI=1S/C14H18N2O5/c1-15(9-4-3-5-11(6-9)21-2)14(20)16-8-10(17)7-12(16)13(18)19/h3-6,10,12,17H,7-8H2,1-2H3,(H,18,19)/t10-,12-/m0/s1. The van der Waals surface area contributed by atoms with Crippen molar-refractivity contribution in [3.05, 3.63) is 24.3 Å². The van der Waals surface area contributed by atoms with Crippen LogP contribution in [0.25, 0.3) is 0 Å². The Bertz CT molecular complexity index is 548. The summed E-state index contributed by atoms with van der Waals surface area (Å²) in [6, 6.07) is 5.43. The van der Waals surface area contributed by atoms with Crippen molar-refractivity contribution in [3.63, 3.8) is 0 Å². The van der Waals surface area contributed by atoms with Gasteiger partial charge in [0.05, 0.1) is 13.2 Å². The number of carbonyl (C=O) groups is 2. The summed E-state index contributed by atoms with van der Waals surface area (Å²) in [6.45, 7) is 0.0180. The lowest BCUT2D eigenvalue weighted by Crippen LogP contribution is -2.47. The highest BCUT2D eigenvalue weighted by Gasteiger charge is 2.40. The maximum Gasteiger partial charge on any atom is 0.326 e. The van der Waals surface area contributed by atoms with Crippen molar-refractivity contribution in [2.24, 2.45) is 0 Å². The van der Waals surface area contributed by atoms with Gasteiger partial charge >= 0.3 is 12.0 Å². The van der Waals surface area contributed by atoms with Gasteiger partial charge in [-0.2, -0.15) is 0 Å². The van der Waals surface area contributed by atoms with Crippen molar-refractivity contribution in [2.75, 3.05) is 25.6 Å². The van der Waals surface area contributed by atoms with E-state index in [-0.39, 0.29) is 13.0 Å². The van der Waals surface area contributed by atoms with Crippen molar-refractivity contribution in [2.45, 2.75) is 18.6 Å². The Morgan fingerprint density at radius 3 is 2.76 bits per heavy atom. The number of methoxy groups -OCH3 is 1. The second-order valence-corrected chi connectivity index (χ2v) is 4.94. The molecule has 1 saturated heterocycles. The minimum atomic E-state index is -1.11. The maximum absolute atomic E-state index is 12.4. The lowest BCUT2D eigenvalue weighted by molar-refractivity contribution is -0.141. The third-order valence-electron chi connectivity index (χ3n) is 3.54. The third-order valence-corrected chi connectivity index (χ3v) is 3.54. The zero-order valence-electron chi connectivity index (χ0n) is 11.9. The molecule has 0 saturated carbocycles. The molecule has 0 unspecified atom stereocenters. The van der Waals surface area contributed by atoms with E-state index in [9.17, 15) is 14.7 Å². The number of aliphatic hydroxyl groups excluding tert-OH is 1. The minimum Gasteiger partial charge on any atom is -0.497 e. The molecule has 7 nitrogen and oxygen atoms in total. The van der Waals surface area contributed by atoms with Gasteiger partial charge in [0.1, 0.15) is 11.8 Å². The first-order valence-corrected chi connectivity index (χ1v) is 6.53. The van der Waals surface area contributed by atoms with Crippen molar-refractivity contribution in [1.29, 1.82) is 0 Å². The maximum atomic E-state index is 12.4. The molecule has 1 aliphatic rings. The Hall–Kier alpha value is -2.28. The molecule has 2 rings (SSSR count). The van der Waals surface area contributed by atoms with E-state index in [4.69, 9.17) is 9.84 Å². The van der Waals surface area contributed by atoms with E-state index >= 15 is 0 Å². The molecule has 2 amide bonds. The molecular formula is C14H18N2O5. The van der Waals surface area contributed by atoms with Crippen LogP contribution in [-0.4, -0.2) is 60.0 Å². The summed E-state index contributed by atoms with van der Waals surface area (Å²) in [7, 11) is 3.08. The van der Waals surface area contributed by atoms with Crippen molar-refractivity contribution >= 4 is 17.7 Å². The Morgan fingerprint density at radius 1 is 1.43 bits per heavy atom. The van der Waals surface area contributed by atoms with Crippen LogP contribution in [0, 0.1) is 0 Å². The number of carbonyl (C=O) groups excluding carboxylic acids is 1. The fraction of sp³-hybridized carbons (Fsp3) is 0.429. The van der Waals surface area contributed by atoms with E-state index in [0.717, 1.165) is 0 Å². The highest BCUT2D eigenvalue weighted by Crippen LogP contribution is 2.24. The number of hydrogen-bond donors (Lipinski definition) is 2. The number of ether oxygens (including phenoxy) is 1. The number of carboxylic acids is 1. The number of carboxylic acid groups (broad SMARTS) is 1. The number of rotatable bonds is 3. The van der Waals surface area contributed by atoms with E-state index in [1.54, 1.807) is 31.3 Å². The Kier molecular flexibility index (Phi) is 4.32. The SMILES string of the molecule is COc1cccc(N(C)C(=O)N2C[C@@H](O)C[C@H]2C(=O)O)c1. The lowest BCUT2D eigenvalue weighted by atomic mass is 10.2. The van der Waals surface area contributed by atoms with Crippen LogP contribution in [0.3, 0.4) is 0 Å². The third kappa shape index (κ3) is 3.08. The second kappa shape index (κ2) is 6.01. The minimum absolute atomic E-state index is 0.0180. The van der Waals surface area contributed by atoms with E-state index in [0.29, 0.717) is 11.4 Å². The van der Waals surface area contributed by atoms with Crippen molar-refractivity contribution in [1.82, 2.24) is 4.90 Å². The van der Waals surface area contributed by atoms with E-state index < -0.39 is 24.1 Å². The number of urea groups is 1. The summed E-state index contributed by atoms with van der Waals surface area (Å²) < 4.78 is 5.10. The molecular weight excluding hydrogens is 276 g/mol. The lowest BCUT2D eigenvalue weighted by Gasteiger charge is -2.27. The van der Waals surface area contributed by atoms with Gasteiger partial charge < -0.3 is 19.8 Å². The summed E-state index contributed by atoms with van der Waals surface area (Å²) in [6.07, 6.45) is -0.763. The molecule has 1 heterocycles. The molecule has 0 bridgehead atoms. The monoisotopic (exact) mass is 294 g/mol. The van der Waals surface area contributed by atoms with Gasteiger partial charge in [-0.05, 0) is 12.1 Å². The number of nitrogens with zero attached hydrogens (tertiary/aromatic N) is 2. The van der Waals surface area contributed by atoms with Gasteiger partial charge in [-0.15, -0.1) is 0 Å². The molecule has 1 aromatic carbocycles. The largest absolute Gasteiger partial charge is 0.497 e. The molecule has 0 aliphatic carbocycles. The van der Waals surface area contributed by atoms with Crippen LogP contribution in [0.5, 0.6) is 5.75 Å². The zero-order chi connectivity index (χ0) is 15.6. The molecule has 0 radical (unpaired) electrons. The van der Waals surface area contributed by atoms with Gasteiger partial charge in [0, 0.05) is 31.8 Å². The van der Waals surface area contributed by atoms with E-state index in [1.807, 2.05) is 0 Å². The number of amides is 2. The average Bonchev–Trinajstić information content (AvgIpc) is 2.88. The second-order valence-electron chi connectivity index (χ2n) is 4.94. The van der Waals surface area contributed by atoms with Crippen LogP contribution < -0.4 is 9.64 Å². The van der Waals surface area contributed by atoms with E-state index in [2.05, 4.69) is 0 Å². The quantitative estimate of drug-likeness (QED) is 0.859. The number of aliphatic carboxylic acids is 1. The normalized spacial score (nSPS) is 21.2. The summed E-state index contributed by atoms with van der Waals surface area (Å²) >= 11 is 0. The number of β-amino-alcohol motifs (C(OH)–C–C–N with tert-alkyl or cyclic N) is 1. The van der Waals surface area contributed by atoms with Gasteiger partial charge in [-0.3, -0.25) is 4.90 Å². The highest BCUT2D eigenvalue weighted by molar-refractivity contribution is 5.94. The topological polar surface area (TPSA) is 90.3 Å². The van der Waals surface area contributed by atoms with Crippen LogP contribution in [-0.2, 0) is 4.79 Å². The van der Waals surface area contributed by atoms with Crippen LogP contribution in [0.4, 0.5) is 10.5 Å². The summed E-state index contributed by atoms with van der Waals surface area (Å²) in [5.41, 5.74) is 0.588. The molecule has 1 fully saturated rings. The Labute approximate surface area is 122 Å². The number of hydrogen-bond acceptors (Lipinski definition) is 4. The van der Waals surface area contributed by atoms with Crippen LogP contribution in [0.1, 0.15) is 6.42 Å². The van der Waals surface area contributed by atoms with Crippen LogP contribution >= 0.6 is 0 Å². The molecule has 21 heavy (non-hydrogen) atoms. The summed E-state index contributed by atoms with van der Waals surface area (Å²) in [5, 5.41) is 18.7. The van der Waals surface area contributed by atoms with Crippen LogP contribution in [0.15, 0.2) is 24.3 Å². The Balaban J connectivity index is 2.20. The predicted octanol–water partition coefficient (Wildman–Crippen LogP) is 0.771. The highest BCUT2D eigenvalue weighted by atomic mass is 16.5. The number of likely N-dealkylation sites (tertiary alicyclic amines) is 1.